The predicted octanol–water partition coefficient (Wildman–Crippen LogP) is 6.77. The van der Waals surface area contributed by atoms with E-state index in [1.54, 1.807) is 19.4 Å². The van der Waals surface area contributed by atoms with Gasteiger partial charge in [0.15, 0.2) is 0 Å². The Bertz CT molecular complexity index is 1280. The molecule has 4 aromatic rings. The monoisotopic (exact) mass is 411 g/mol. The number of amides is 1. The summed E-state index contributed by atoms with van der Waals surface area (Å²) in [7, 11) is 1.62. The number of carbonyl (C=O) groups is 1. The molecule has 1 heterocycles. The van der Waals surface area contributed by atoms with Crippen molar-refractivity contribution in [1.82, 2.24) is 0 Å². The van der Waals surface area contributed by atoms with Crippen LogP contribution in [0.3, 0.4) is 0 Å². The number of ether oxygens (including phenoxy) is 1. The number of fused-ring (bicyclic) bond motifs is 1. The van der Waals surface area contributed by atoms with Gasteiger partial charge in [0.25, 0.3) is 0 Å². The number of hydrogen-bond donors (Lipinski definition) is 1. The summed E-state index contributed by atoms with van der Waals surface area (Å²) in [6.07, 6.45) is 3.36. The van der Waals surface area contributed by atoms with Gasteiger partial charge in [0.05, 0.1) is 13.4 Å². The first kappa shape index (κ1) is 20.5. The van der Waals surface area contributed by atoms with Gasteiger partial charge in [-0.25, -0.2) is 0 Å². The lowest BCUT2D eigenvalue weighted by Gasteiger charge is -2.11. The fraction of sp³-hybridized carbons (Fsp3) is 0.148. The van der Waals surface area contributed by atoms with E-state index in [0.717, 1.165) is 50.0 Å². The molecule has 31 heavy (non-hydrogen) atoms. The summed E-state index contributed by atoms with van der Waals surface area (Å²) in [6.45, 7) is 5.93. The molecule has 0 aliphatic carbocycles. The first-order valence-corrected chi connectivity index (χ1v) is 10.2. The van der Waals surface area contributed by atoms with Crippen molar-refractivity contribution in [3.8, 4) is 16.9 Å². The maximum atomic E-state index is 12.7. The normalized spacial score (nSPS) is 11.5. The van der Waals surface area contributed by atoms with Gasteiger partial charge in [-0.3, -0.25) is 4.79 Å². The second kappa shape index (κ2) is 8.52. The summed E-state index contributed by atoms with van der Waals surface area (Å²) in [6, 6.07) is 19.9. The number of hydrogen-bond acceptors (Lipinski definition) is 3. The van der Waals surface area contributed by atoms with Gasteiger partial charge in [-0.05, 0) is 49.6 Å². The van der Waals surface area contributed by atoms with Crippen LogP contribution < -0.4 is 10.1 Å². The molecule has 0 spiro atoms. The van der Waals surface area contributed by atoms with Crippen LogP contribution in [-0.4, -0.2) is 13.0 Å². The van der Waals surface area contributed by atoms with E-state index >= 15 is 0 Å². The molecule has 1 N–H and O–H groups in total. The molecule has 3 aromatic carbocycles. The van der Waals surface area contributed by atoms with Gasteiger partial charge >= 0.3 is 0 Å². The van der Waals surface area contributed by atoms with Gasteiger partial charge in [0.2, 0.25) is 5.91 Å². The molecule has 1 aromatic heterocycles. The van der Waals surface area contributed by atoms with Crippen molar-refractivity contribution in [2.45, 2.75) is 20.8 Å². The van der Waals surface area contributed by atoms with Crippen molar-refractivity contribution in [2.75, 3.05) is 12.4 Å². The van der Waals surface area contributed by atoms with Gasteiger partial charge in [-0.2, -0.15) is 0 Å². The number of carbonyl (C=O) groups excluding carboxylic acids is 1. The SMILES string of the molecule is COc1cc2occ(-c3ccccc3)c2cc1/C(C)=C/C(=O)Nc1ccc(C)cc1C. The largest absolute Gasteiger partial charge is 0.496 e. The second-order valence-corrected chi connectivity index (χ2v) is 7.70. The molecule has 0 fully saturated rings. The number of methoxy groups -OCH3 is 1. The smallest absolute Gasteiger partial charge is 0.248 e. The number of anilines is 1. The number of aryl methyl sites for hydroxylation is 2. The van der Waals surface area contributed by atoms with E-state index < -0.39 is 0 Å². The summed E-state index contributed by atoms with van der Waals surface area (Å²) in [5.41, 5.74) is 7.48. The second-order valence-electron chi connectivity index (χ2n) is 7.70. The van der Waals surface area contributed by atoms with Crippen LogP contribution in [0.5, 0.6) is 5.75 Å². The van der Waals surface area contributed by atoms with E-state index in [0.29, 0.717) is 5.75 Å². The molecule has 4 rings (SSSR count). The summed E-state index contributed by atoms with van der Waals surface area (Å²) in [5, 5.41) is 3.95. The van der Waals surface area contributed by atoms with Crippen LogP contribution >= 0.6 is 0 Å². The number of nitrogens with one attached hydrogen (secondary N) is 1. The van der Waals surface area contributed by atoms with Gasteiger partial charge in [-0.1, -0.05) is 48.0 Å². The third-order valence-electron chi connectivity index (χ3n) is 5.39. The van der Waals surface area contributed by atoms with Gasteiger partial charge < -0.3 is 14.5 Å². The summed E-state index contributed by atoms with van der Waals surface area (Å²) >= 11 is 0. The lowest BCUT2D eigenvalue weighted by atomic mass is 9.99. The topological polar surface area (TPSA) is 51.5 Å². The average Bonchev–Trinajstić information content (AvgIpc) is 3.18. The van der Waals surface area contributed by atoms with Crippen LogP contribution in [0.4, 0.5) is 5.69 Å². The van der Waals surface area contributed by atoms with Crippen molar-refractivity contribution >= 4 is 28.1 Å². The highest BCUT2D eigenvalue weighted by molar-refractivity contribution is 6.05. The molecule has 0 saturated carbocycles. The van der Waals surface area contributed by atoms with E-state index in [9.17, 15) is 4.79 Å². The van der Waals surface area contributed by atoms with Gasteiger partial charge in [0, 0.05) is 34.3 Å². The Kier molecular flexibility index (Phi) is 5.63. The maximum absolute atomic E-state index is 12.7. The Labute approximate surface area is 182 Å². The molecule has 4 heteroatoms. The summed E-state index contributed by atoms with van der Waals surface area (Å²) in [4.78, 5) is 12.7. The fourth-order valence-electron chi connectivity index (χ4n) is 3.77. The Morgan fingerprint density at radius 3 is 2.52 bits per heavy atom. The first-order chi connectivity index (χ1) is 15.0. The van der Waals surface area contributed by atoms with Crippen LogP contribution in [0.25, 0.3) is 27.7 Å². The molecule has 156 valence electrons. The zero-order chi connectivity index (χ0) is 22.0. The highest BCUT2D eigenvalue weighted by Crippen LogP contribution is 2.37. The predicted molar refractivity (Wildman–Crippen MR) is 126 cm³/mol. The number of allylic oxidation sites excluding steroid dienone is 1. The Morgan fingerprint density at radius 2 is 1.81 bits per heavy atom. The molecule has 0 atom stereocenters. The maximum Gasteiger partial charge on any atom is 0.248 e. The van der Waals surface area contributed by atoms with Crippen LogP contribution in [0.1, 0.15) is 23.6 Å². The van der Waals surface area contributed by atoms with Gasteiger partial charge in [-0.15, -0.1) is 0 Å². The lowest BCUT2D eigenvalue weighted by Crippen LogP contribution is -2.10. The zero-order valence-electron chi connectivity index (χ0n) is 18.2. The third-order valence-corrected chi connectivity index (χ3v) is 5.39. The number of benzene rings is 3. The highest BCUT2D eigenvalue weighted by atomic mass is 16.5. The minimum Gasteiger partial charge on any atom is -0.496 e. The van der Waals surface area contributed by atoms with Crippen LogP contribution in [0.15, 0.2) is 77.4 Å². The van der Waals surface area contributed by atoms with E-state index in [1.807, 2.05) is 81.4 Å². The summed E-state index contributed by atoms with van der Waals surface area (Å²) < 4.78 is 11.4. The number of furan rings is 1. The molecule has 0 radical (unpaired) electrons. The van der Waals surface area contributed by atoms with Crippen molar-refractivity contribution in [3.05, 3.63) is 89.7 Å². The minimum atomic E-state index is -0.179. The Hall–Kier alpha value is -3.79. The highest BCUT2D eigenvalue weighted by Gasteiger charge is 2.15. The van der Waals surface area contributed by atoms with Crippen molar-refractivity contribution < 1.29 is 13.9 Å². The van der Waals surface area contributed by atoms with E-state index in [2.05, 4.69) is 5.32 Å². The van der Waals surface area contributed by atoms with E-state index in [-0.39, 0.29) is 5.91 Å². The van der Waals surface area contributed by atoms with Crippen molar-refractivity contribution in [3.63, 3.8) is 0 Å². The standard InChI is InChI=1S/C27H25NO3/c1-17-10-11-24(19(3)12-17)28-27(29)13-18(2)21-14-22-23(20-8-6-5-7-9-20)16-31-26(22)15-25(21)30-4/h5-16H,1-4H3,(H,28,29)/b18-13+. The van der Waals surface area contributed by atoms with Crippen molar-refractivity contribution in [1.29, 1.82) is 0 Å². The quantitative estimate of drug-likeness (QED) is 0.369. The molecule has 0 unspecified atom stereocenters. The third kappa shape index (κ3) is 4.24. The van der Waals surface area contributed by atoms with E-state index in [4.69, 9.17) is 9.15 Å². The Morgan fingerprint density at radius 1 is 1.03 bits per heavy atom. The van der Waals surface area contributed by atoms with Crippen LogP contribution in [0.2, 0.25) is 0 Å². The Balaban J connectivity index is 1.70. The molecular weight excluding hydrogens is 386 g/mol. The number of rotatable bonds is 5. The van der Waals surface area contributed by atoms with Crippen molar-refractivity contribution in [2.24, 2.45) is 0 Å². The van der Waals surface area contributed by atoms with Crippen LogP contribution in [-0.2, 0) is 4.79 Å². The molecule has 4 nitrogen and oxygen atoms in total. The molecule has 0 aliphatic rings. The minimum absolute atomic E-state index is 0.179. The molecule has 0 aliphatic heterocycles. The zero-order valence-corrected chi connectivity index (χ0v) is 18.2. The molecule has 0 saturated heterocycles. The van der Waals surface area contributed by atoms with Crippen LogP contribution in [0, 0.1) is 13.8 Å². The lowest BCUT2D eigenvalue weighted by molar-refractivity contribution is -0.111. The first-order valence-electron chi connectivity index (χ1n) is 10.2. The van der Waals surface area contributed by atoms with E-state index in [1.165, 1.54) is 0 Å². The van der Waals surface area contributed by atoms with Gasteiger partial charge in [0.1, 0.15) is 11.3 Å². The molecular formula is C27H25NO3. The average molecular weight is 412 g/mol. The fourth-order valence-corrected chi connectivity index (χ4v) is 3.77. The summed E-state index contributed by atoms with van der Waals surface area (Å²) in [5.74, 6) is 0.483. The molecule has 1 amide bonds. The molecule has 0 bridgehead atoms.